The third-order valence-corrected chi connectivity index (χ3v) is 4.26. The number of ketones is 1. The van der Waals surface area contributed by atoms with Crippen LogP contribution in [0.5, 0.6) is 5.75 Å². The molecule has 142 valence electrons. The molecule has 2 rings (SSSR count). The predicted molar refractivity (Wildman–Crippen MR) is 88.1 cm³/mol. The summed E-state index contributed by atoms with van der Waals surface area (Å²) in [5.41, 5.74) is -0.256. The zero-order valence-corrected chi connectivity index (χ0v) is 14.8. The first kappa shape index (κ1) is 20.4. The second-order valence-electron chi connectivity index (χ2n) is 5.33. The van der Waals surface area contributed by atoms with Gasteiger partial charge in [-0.25, -0.2) is 9.78 Å². The third-order valence-electron chi connectivity index (χ3n) is 3.23. The van der Waals surface area contributed by atoms with Crippen molar-refractivity contribution < 1.29 is 32.2 Å². The summed E-state index contributed by atoms with van der Waals surface area (Å²) in [5.74, 6) is -2.92. The zero-order valence-electron chi connectivity index (χ0n) is 13.9. The van der Waals surface area contributed by atoms with Gasteiger partial charge >= 0.3 is 12.1 Å². The molecule has 1 aromatic carbocycles. The van der Waals surface area contributed by atoms with Crippen molar-refractivity contribution in [3.63, 3.8) is 0 Å². The van der Waals surface area contributed by atoms with Gasteiger partial charge in [-0.1, -0.05) is 6.07 Å². The maximum Gasteiger partial charge on any atom is 0.416 e. The summed E-state index contributed by atoms with van der Waals surface area (Å²) in [6.45, 7) is 0.369. The number of hydrogen-bond acceptors (Lipinski definition) is 7. The lowest BCUT2D eigenvalue weighted by atomic mass is 10.1. The molecule has 27 heavy (non-hydrogen) atoms. The molecular formula is C17H13F3N2O4S. The number of Topliss-reactive ketones (excluding diaryl/α,β-unsaturated/α-hetero) is 1. The van der Waals surface area contributed by atoms with Gasteiger partial charge < -0.3 is 9.47 Å². The first-order valence-corrected chi connectivity index (χ1v) is 8.38. The molecule has 0 aliphatic rings. The number of ether oxygens (including phenoxy) is 2. The van der Waals surface area contributed by atoms with Gasteiger partial charge in [0.2, 0.25) is 0 Å². The van der Waals surface area contributed by atoms with E-state index in [1.807, 2.05) is 0 Å². The van der Waals surface area contributed by atoms with Crippen LogP contribution in [0.2, 0.25) is 0 Å². The molecule has 0 aliphatic heterocycles. The van der Waals surface area contributed by atoms with Crippen molar-refractivity contribution in [2.24, 2.45) is 0 Å². The second kappa shape index (κ2) is 8.64. The monoisotopic (exact) mass is 398 g/mol. The summed E-state index contributed by atoms with van der Waals surface area (Å²) in [6.07, 6.45) is -4.53. The smallest absolute Gasteiger partial charge is 0.416 e. The number of esters is 1. The van der Waals surface area contributed by atoms with Crippen LogP contribution in [-0.4, -0.2) is 30.0 Å². The summed E-state index contributed by atoms with van der Waals surface area (Å²) in [6, 6.07) is 5.81. The fourth-order valence-electron chi connectivity index (χ4n) is 1.95. The van der Waals surface area contributed by atoms with Crippen LogP contribution in [0, 0.1) is 18.3 Å². The van der Waals surface area contributed by atoms with Crippen molar-refractivity contribution in [2.75, 3.05) is 13.2 Å². The van der Waals surface area contributed by atoms with Gasteiger partial charge in [0.25, 0.3) is 0 Å². The molecule has 0 N–H and O–H groups in total. The molecule has 0 saturated heterocycles. The quantitative estimate of drug-likeness (QED) is 0.665. The van der Waals surface area contributed by atoms with Crippen molar-refractivity contribution in [3.8, 4) is 11.8 Å². The lowest BCUT2D eigenvalue weighted by molar-refractivity contribution is -0.150. The van der Waals surface area contributed by atoms with Crippen molar-refractivity contribution in [3.05, 3.63) is 45.9 Å². The number of carbonyl (C=O) groups excluding carboxylic acids is 2. The molecule has 0 unspecified atom stereocenters. The van der Waals surface area contributed by atoms with E-state index in [2.05, 4.69) is 4.98 Å². The number of hydrogen-bond donors (Lipinski definition) is 0. The van der Waals surface area contributed by atoms with Gasteiger partial charge in [-0.2, -0.15) is 18.4 Å². The minimum atomic E-state index is -4.53. The Balaban J connectivity index is 1.86. The molecule has 1 atom stereocenters. The number of aromatic nitrogens is 1. The Hall–Kier alpha value is -2.93. The molecule has 10 heteroatoms. The Morgan fingerprint density at radius 3 is 2.67 bits per heavy atom. The number of rotatable bonds is 7. The highest BCUT2D eigenvalue weighted by atomic mass is 32.1. The van der Waals surface area contributed by atoms with Crippen LogP contribution in [0.3, 0.4) is 0 Å². The summed E-state index contributed by atoms with van der Waals surface area (Å²) in [5, 5.41) is 11.1. The number of halogens is 3. The lowest BCUT2D eigenvalue weighted by Gasteiger charge is -2.10. The molecule has 0 radical (unpaired) electrons. The molecule has 1 aromatic heterocycles. The normalized spacial score (nSPS) is 12.1. The van der Waals surface area contributed by atoms with E-state index in [0.717, 1.165) is 29.5 Å². The molecular weight excluding hydrogens is 385 g/mol. The van der Waals surface area contributed by atoms with Crippen LogP contribution >= 0.6 is 11.3 Å². The van der Waals surface area contributed by atoms with E-state index in [1.54, 1.807) is 18.4 Å². The fourth-order valence-corrected chi connectivity index (χ4v) is 2.81. The van der Waals surface area contributed by atoms with E-state index in [4.69, 9.17) is 14.7 Å². The molecule has 0 saturated carbocycles. The largest absolute Gasteiger partial charge is 0.482 e. The average molecular weight is 398 g/mol. The number of benzene rings is 1. The van der Waals surface area contributed by atoms with Crippen molar-refractivity contribution in [1.29, 1.82) is 5.26 Å². The van der Waals surface area contributed by atoms with E-state index >= 15 is 0 Å². The number of aryl methyl sites for hydroxylation is 1. The maximum atomic E-state index is 12.6. The molecule has 0 bridgehead atoms. The Kier molecular flexibility index (Phi) is 6.52. The van der Waals surface area contributed by atoms with Gasteiger partial charge in [0.15, 0.2) is 24.9 Å². The maximum absolute atomic E-state index is 12.6. The first-order valence-electron chi connectivity index (χ1n) is 7.50. The van der Waals surface area contributed by atoms with Gasteiger partial charge in [-0.15, -0.1) is 11.3 Å². The summed E-state index contributed by atoms with van der Waals surface area (Å²) in [4.78, 5) is 27.7. The van der Waals surface area contributed by atoms with E-state index in [1.165, 1.54) is 6.07 Å². The van der Waals surface area contributed by atoms with Crippen LogP contribution in [0.4, 0.5) is 13.2 Å². The van der Waals surface area contributed by atoms with Gasteiger partial charge in [0, 0.05) is 11.1 Å². The van der Waals surface area contributed by atoms with Crippen molar-refractivity contribution in [2.45, 2.75) is 19.0 Å². The Bertz CT molecular complexity index is 874. The van der Waals surface area contributed by atoms with Crippen LogP contribution in [0.25, 0.3) is 0 Å². The second-order valence-corrected chi connectivity index (χ2v) is 6.22. The topological polar surface area (TPSA) is 89.3 Å². The lowest BCUT2D eigenvalue weighted by Crippen LogP contribution is -2.23. The number of nitriles is 1. The highest BCUT2D eigenvalue weighted by Crippen LogP contribution is 2.31. The predicted octanol–water partition coefficient (Wildman–Crippen LogP) is 3.27. The van der Waals surface area contributed by atoms with E-state index in [9.17, 15) is 22.8 Å². The Morgan fingerprint density at radius 1 is 1.33 bits per heavy atom. The highest BCUT2D eigenvalue weighted by molar-refractivity contribution is 7.09. The Morgan fingerprint density at radius 2 is 2.07 bits per heavy atom. The van der Waals surface area contributed by atoms with Crippen LogP contribution in [0.15, 0.2) is 29.6 Å². The van der Waals surface area contributed by atoms with Crippen molar-refractivity contribution >= 4 is 23.1 Å². The molecule has 0 aliphatic carbocycles. The number of alkyl halides is 3. The molecule has 1 heterocycles. The first-order chi connectivity index (χ1) is 12.7. The molecule has 0 fully saturated rings. The third kappa shape index (κ3) is 5.79. The van der Waals surface area contributed by atoms with Crippen LogP contribution in [0.1, 0.15) is 22.2 Å². The van der Waals surface area contributed by atoms with Crippen LogP contribution in [-0.2, 0) is 20.5 Å². The van der Waals surface area contributed by atoms with Crippen LogP contribution < -0.4 is 4.74 Å². The fraction of sp³-hybridized carbons (Fsp3) is 0.294. The van der Waals surface area contributed by atoms with Crippen molar-refractivity contribution in [1.82, 2.24) is 4.98 Å². The number of thiazole rings is 1. The molecule has 0 spiro atoms. The number of nitrogens with zero attached hydrogens (tertiary/aromatic N) is 2. The van der Waals surface area contributed by atoms with E-state index < -0.39 is 42.6 Å². The summed E-state index contributed by atoms with van der Waals surface area (Å²) in [7, 11) is 0. The standard InChI is InChI=1S/C17H13F3N2O4S/c1-10-9-27-16(22-10)13(6-21)14(23)7-26-15(24)8-25-12-4-2-3-11(5-12)17(18,19)20/h2-5,9,13H,7-8H2,1H3/t13-/m1/s1. The van der Waals surface area contributed by atoms with Gasteiger partial charge in [-0.05, 0) is 25.1 Å². The summed E-state index contributed by atoms with van der Waals surface area (Å²) < 4.78 is 47.5. The molecule has 6 nitrogen and oxygen atoms in total. The van der Waals surface area contributed by atoms with E-state index in [0.29, 0.717) is 10.7 Å². The zero-order chi connectivity index (χ0) is 20.0. The molecule has 2 aromatic rings. The van der Waals surface area contributed by atoms with E-state index in [-0.39, 0.29) is 5.75 Å². The van der Waals surface area contributed by atoms with Gasteiger partial charge in [0.05, 0.1) is 11.6 Å². The molecule has 0 amide bonds. The SMILES string of the molecule is Cc1csc([C@H](C#N)C(=O)COC(=O)COc2cccc(C(F)(F)F)c2)n1. The highest BCUT2D eigenvalue weighted by Gasteiger charge is 2.30. The average Bonchev–Trinajstić information content (AvgIpc) is 3.04. The Labute approximate surface area is 156 Å². The number of carbonyl (C=O) groups is 2. The minimum Gasteiger partial charge on any atom is -0.482 e. The van der Waals surface area contributed by atoms with Gasteiger partial charge in [0.1, 0.15) is 10.8 Å². The summed E-state index contributed by atoms with van der Waals surface area (Å²) >= 11 is 1.14. The van der Waals surface area contributed by atoms with Gasteiger partial charge in [-0.3, -0.25) is 4.79 Å². The minimum absolute atomic E-state index is 0.165.